The van der Waals surface area contributed by atoms with Crippen LogP contribution in [0.5, 0.6) is 0 Å². The molecule has 0 fully saturated rings. The number of hydrogen-bond donors (Lipinski definition) is 1. The molecular weight excluding hydrogens is 361 g/mol. The van der Waals surface area contributed by atoms with E-state index in [0.717, 1.165) is 5.75 Å². The lowest BCUT2D eigenvalue weighted by atomic mass is 11.0. The van der Waals surface area contributed by atoms with Crippen LogP contribution in [-0.4, -0.2) is 5.75 Å². The molecule has 0 spiro atoms. The SMILES string of the molecule is CCSOS(=S)(=S)SSSSSS. The van der Waals surface area contributed by atoms with Crippen molar-refractivity contribution in [3.05, 3.63) is 0 Å². The van der Waals surface area contributed by atoms with E-state index in [0.29, 0.717) is 0 Å². The van der Waals surface area contributed by atoms with E-state index in [1.54, 1.807) is 29.5 Å². The summed E-state index contributed by atoms with van der Waals surface area (Å²) in [7, 11) is 7.56. The van der Waals surface area contributed by atoms with Gasteiger partial charge in [0.25, 0.3) is 0 Å². The second-order valence-corrected chi connectivity index (χ2v) is 18.5. The molecule has 0 aliphatic heterocycles. The third-order valence-corrected chi connectivity index (χ3v) is 17.5. The average molecular weight is 367 g/mol. The quantitative estimate of drug-likeness (QED) is 0.279. The van der Waals surface area contributed by atoms with Gasteiger partial charge in [-0.3, -0.25) is 0 Å². The Balaban J connectivity index is 3.52. The number of thiol groups is 1. The van der Waals surface area contributed by atoms with Gasteiger partial charge in [-0.25, -0.2) is 3.63 Å². The lowest BCUT2D eigenvalue weighted by Crippen LogP contribution is -1.87. The van der Waals surface area contributed by atoms with E-state index in [1.807, 2.05) is 6.92 Å². The maximum Gasteiger partial charge on any atom is 0.0945 e. The fourth-order valence-corrected chi connectivity index (χ4v) is 17.9. The van der Waals surface area contributed by atoms with Gasteiger partial charge in [-0.05, 0) is 42.0 Å². The standard InChI is InChI=1S/C2H6OS10/c1-2-7-3-13(5,6)12-11-10-9-8-4/h4H,2H2,1H3. The summed E-state index contributed by atoms with van der Waals surface area (Å²) in [6, 6.07) is 0. The smallest absolute Gasteiger partial charge is 0.0945 e. The maximum absolute atomic E-state index is 5.28. The van der Waals surface area contributed by atoms with Crippen molar-refractivity contribution in [3.8, 4) is 0 Å². The molecule has 0 unspecified atom stereocenters. The monoisotopic (exact) mass is 366 g/mol. The topological polar surface area (TPSA) is 9.23 Å². The van der Waals surface area contributed by atoms with Crippen LogP contribution >= 0.6 is 72.8 Å². The van der Waals surface area contributed by atoms with Crippen LogP contribution in [0, 0.1) is 0 Å². The van der Waals surface area contributed by atoms with Gasteiger partial charge >= 0.3 is 0 Å². The Kier molecular flexibility index (Phi) is 12.9. The first-order chi connectivity index (χ1) is 6.12. The van der Waals surface area contributed by atoms with E-state index in [9.17, 15) is 0 Å². The summed E-state index contributed by atoms with van der Waals surface area (Å²) < 4.78 is 5.28. The van der Waals surface area contributed by atoms with E-state index in [-0.39, 0.29) is 0 Å². The third kappa shape index (κ3) is 11.5. The number of rotatable bonds is 8. The van der Waals surface area contributed by atoms with Crippen LogP contribution in [0.15, 0.2) is 0 Å². The molecule has 0 aromatic carbocycles. The molecule has 0 aliphatic carbocycles. The first kappa shape index (κ1) is 16.2. The van der Waals surface area contributed by atoms with Crippen molar-refractivity contribution in [2.24, 2.45) is 0 Å². The summed E-state index contributed by atoms with van der Waals surface area (Å²) in [4.78, 5) is 0. The summed E-state index contributed by atoms with van der Waals surface area (Å²) in [5.41, 5.74) is 0. The normalized spacial score (nSPS) is 11.8. The van der Waals surface area contributed by atoms with Crippen molar-refractivity contribution >= 4 is 102 Å². The Hall–Kier alpha value is 3.20. The molecule has 0 saturated heterocycles. The van der Waals surface area contributed by atoms with Gasteiger partial charge in [0.1, 0.15) is 0 Å². The second kappa shape index (κ2) is 10.4. The molecule has 0 N–H and O–H groups in total. The highest BCUT2D eigenvalue weighted by Gasteiger charge is 2.05. The summed E-state index contributed by atoms with van der Waals surface area (Å²) in [5.74, 6) is 0.877. The highest BCUT2D eigenvalue weighted by molar-refractivity contribution is 9.46. The first-order valence-electron chi connectivity index (χ1n) is 2.68. The van der Waals surface area contributed by atoms with Gasteiger partial charge in [-0.1, -0.05) is 18.6 Å². The van der Waals surface area contributed by atoms with E-state index < -0.39 is 6.46 Å². The molecule has 80 valence electrons. The van der Waals surface area contributed by atoms with Crippen LogP contribution in [-0.2, 0) is 32.5 Å². The van der Waals surface area contributed by atoms with Crippen LogP contribution in [0.2, 0.25) is 0 Å². The van der Waals surface area contributed by atoms with Crippen LogP contribution in [0.1, 0.15) is 6.92 Å². The Morgan fingerprint density at radius 1 is 1.31 bits per heavy atom. The lowest BCUT2D eigenvalue weighted by molar-refractivity contribution is 0.763. The van der Waals surface area contributed by atoms with Gasteiger partial charge in [-0.15, -0.1) is 0 Å². The summed E-state index contributed by atoms with van der Waals surface area (Å²) in [6.07, 6.45) is 0. The molecule has 0 saturated carbocycles. The second-order valence-electron chi connectivity index (χ2n) is 1.23. The van der Waals surface area contributed by atoms with Crippen molar-refractivity contribution in [1.82, 2.24) is 0 Å². The van der Waals surface area contributed by atoms with E-state index in [1.165, 1.54) is 31.7 Å². The van der Waals surface area contributed by atoms with Gasteiger partial charge in [0, 0.05) is 47.3 Å². The van der Waals surface area contributed by atoms with Crippen molar-refractivity contribution in [2.45, 2.75) is 6.92 Å². The molecule has 0 heterocycles. The molecule has 0 aromatic heterocycles. The van der Waals surface area contributed by atoms with Crippen LogP contribution in [0.3, 0.4) is 0 Å². The summed E-state index contributed by atoms with van der Waals surface area (Å²) >= 11 is 15.5. The first-order valence-corrected chi connectivity index (χ1v) is 14.7. The van der Waals surface area contributed by atoms with Gasteiger partial charge in [-0.2, -0.15) is 0 Å². The van der Waals surface area contributed by atoms with E-state index in [4.69, 9.17) is 26.0 Å². The van der Waals surface area contributed by atoms with Gasteiger partial charge in [0.05, 0.1) is 6.46 Å². The molecule has 0 aliphatic rings. The average Bonchev–Trinajstić information content (AvgIpc) is 2.09. The van der Waals surface area contributed by atoms with E-state index in [2.05, 4.69) is 11.7 Å². The summed E-state index contributed by atoms with van der Waals surface area (Å²) in [6.45, 7) is 0.221. The fourth-order valence-electron chi connectivity index (χ4n) is 0.188. The van der Waals surface area contributed by atoms with Gasteiger partial charge in [0.15, 0.2) is 0 Å². The lowest BCUT2D eigenvalue weighted by Gasteiger charge is -2.05. The fraction of sp³-hybridized carbons (Fsp3) is 1.00. The van der Waals surface area contributed by atoms with Crippen LogP contribution in [0.4, 0.5) is 0 Å². The molecule has 1 nitrogen and oxygen atoms in total. The Labute approximate surface area is 116 Å². The minimum absolute atomic E-state index is 0.877. The molecule has 0 radical (unpaired) electrons. The highest BCUT2D eigenvalue weighted by atomic mass is 34.0. The zero-order chi connectivity index (χ0) is 10.2. The molecule has 13 heavy (non-hydrogen) atoms. The Morgan fingerprint density at radius 2 is 2.00 bits per heavy atom. The Bertz CT molecular complexity index is 195. The third-order valence-electron chi connectivity index (χ3n) is 0.446. The van der Waals surface area contributed by atoms with Crippen molar-refractivity contribution in [2.75, 3.05) is 5.75 Å². The van der Waals surface area contributed by atoms with Gasteiger partial charge < -0.3 is 0 Å². The van der Waals surface area contributed by atoms with Gasteiger partial charge in [0.2, 0.25) is 0 Å². The van der Waals surface area contributed by atoms with E-state index >= 15 is 0 Å². The molecule has 0 rings (SSSR count). The highest BCUT2D eigenvalue weighted by Crippen LogP contribution is 2.51. The minimum atomic E-state index is -1.78. The largest absolute Gasteiger partial charge is 0.231 e. The Morgan fingerprint density at radius 3 is 2.54 bits per heavy atom. The maximum atomic E-state index is 5.28. The van der Waals surface area contributed by atoms with Crippen molar-refractivity contribution in [1.29, 1.82) is 0 Å². The van der Waals surface area contributed by atoms with Crippen LogP contribution in [0.25, 0.3) is 0 Å². The summed E-state index contributed by atoms with van der Waals surface area (Å²) in [5, 5.41) is 0. The van der Waals surface area contributed by atoms with Crippen molar-refractivity contribution in [3.63, 3.8) is 0 Å². The molecule has 0 bridgehead atoms. The molecular formula is C2H6OS10. The molecule has 11 heteroatoms. The minimum Gasteiger partial charge on any atom is -0.231 e. The van der Waals surface area contributed by atoms with Crippen LogP contribution < -0.4 is 0 Å². The number of hydrogen-bond acceptors (Lipinski definition) is 10. The predicted octanol–water partition coefficient (Wildman–Crippen LogP) is 4.75. The molecule has 0 aromatic rings. The zero-order valence-corrected chi connectivity index (χ0v) is 14.5. The zero-order valence-electron chi connectivity index (χ0n) is 6.24. The van der Waals surface area contributed by atoms with Crippen molar-refractivity contribution < 1.29 is 3.63 Å². The molecule has 0 atom stereocenters. The predicted molar refractivity (Wildman–Crippen MR) is 88.3 cm³/mol. The molecule has 0 amide bonds.